The average Bonchev–Trinajstić information content (AvgIpc) is 2.04. The Bertz CT molecular complexity index is 273. The van der Waals surface area contributed by atoms with Gasteiger partial charge < -0.3 is 10.6 Å². The minimum Gasteiger partial charge on any atom is -0.329 e. The van der Waals surface area contributed by atoms with Crippen LogP contribution < -0.4 is 5.73 Å². The molecule has 0 fully saturated rings. The zero-order valence-electron chi connectivity index (χ0n) is 8.00. The fourth-order valence-corrected chi connectivity index (χ4v) is 1.36. The van der Waals surface area contributed by atoms with Gasteiger partial charge in [0, 0.05) is 12.6 Å². The standard InChI is InChI=1S/C10H15FN2/c1-13(2)10(7-12)8-4-3-5-9(11)6-8/h3-6,10H,7,12H2,1-2H3/t10-/m1/s1. The van der Waals surface area contributed by atoms with E-state index in [2.05, 4.69) is 0 Å². The first-order valence-corrected chi connectivity index (χ1v) is 4.27. The Morgan fingerprint density at radius 2 is 2.15 bits per heavy atom. The van der Waals surface area contributed by atoms with Crippen LogP contribution in [0.25, 0.3) is 0 Å². The summed E-state index contributed by atoms with van der Waals surface area (Å²) in [5.74, 6) is -0.210. The highest BCUT2D eigenvalue weighted by molar-refractivity contribution is 5.20. The smallest absolute Gasteiger partial charge is 0.123 e. The number of hydrogen-bond acceptors (Lipinski definition) is 2. The van der Waals surface area contributed by atoms with Crippen molar-refractivity contribution in [1.82, 2.24) is 4.90 Å². The van der Waals surface area contributed by atoms with Crippen LogP contribution in [-0.4, -0.2) is 25.5 Å². The maximum atomic E-state index is 12.9. The average molecular weight is 182 g/mol. The molecule has 1 aromatic carbocycles. The van der Waals surface area contributed by atoms with E-state index in [4.69, 9.17) is 5.73 Å². The van der Waals surface area contributed by atoms with E-state index in [1.54, 1.807) is 6.07 Å². The second kappa shape index (κ2) is 4.35. The van der Waals surface area contributed by atoms with Crippen LogP contribution >= 0.6 is 0 Å². The Hall–Kier alpha value is -0.930. The van der Waals surface area contributed by atoms with Crippen molar-refractivity contribution in [2.75, 3.05) is 20.6 Å². The summed E-state index contributed by atoms with van der Waals surface area (Å²) >= 11 is 0. The van der Waals surface area contributed by atoms with Crippen molar-refractivity contribution in [3.05, 3.63) is 35.6 Å². The van der Waals surface area contributed by atoms with Crippen LogP contribution in [0, 0.1) is 5.82 Å². The lowest BCUT2D eigenvalue weighted by atomic mass is 10.1. The van der Waals surface area contributed by atoms with E-state index in [0.717, 1.165) is 5.56 Å². The molecule has 1 atom stereocenters. The zero-order valence-corrected chi connectivity index (χ0v) is 8.00. The summed E-state index contributed by atoms with van der Waals surface area (Å²) in [4.78, 5) is 1.98. The van der Waals surface area contributed by atoms with Gasteiger partial charge in [-0.2, -0.15) is 0 Å². The van der Waals surface area contributed by atoms with E-state index in [9.17, 15) is 4.39 Å². The van der Waals surface area contributed by atoms with E-state index < -0.39 is 0 Å². The molecule has 0 amide bonds. The molecule has 13 heavy (non-hydrogen) atoms. The van der Waals surface area contributed by atoms with Crippen LogP contribution in [0.5, 0.6) is 0 Å². The highest BCUT2D eigenvalue weighted by Gasteiger charge is 2.11. The summed E-state index contributed by atoms with van der Waals surface area (Å²) < 4.78 is 12.9. The number of benzene rings is 1. The van der Waals surface area contributed by atoms with Gasteiger partial charge in [-0.15, -0.1) is 0 Å². The Morgan fingerprint density at radius 1 is 1.46 bits per heavy atom. The predicted octanol–water partition coefficient (Wildman–Crippen LogP) is 1.39. The molecule has 0 aliphatic heterocycles. The zero-order chi connectivity index (χ0) is 9.84. The van der Waals surface area contributed by atoms with Crippen LogP contribution in [-0.2, 0) is 0 Å². The second-order valence-electron chi connectivity index (χ2n) is 3.27. The van der Waals surface area contributed by atoms with Gasteiger partial charge in [-0.05, 0) is 31.8 Å². The minimum absolute atomic E-state index is 0.0932. The molecule has 0 radical (unpaired) electrons. The lowest BCUT2D eigenvalue weighted by Gasteiger charge is -2.22. The summed E-state index contributed by atoms with van der Waals surface area (Å²) in [7, 11) is 3.87. The van der Waals surface area contributed by atoms with Gasteiger partial charge in [-0.3, -0.25) is 0 Å². The van der Waals surface area contributed by atoms with Crippen LogP contribution in [0.15, 0.2) is 24.3 Å². The summed E-state index contributed by atoms with van der Waals surface area (Å²) in [6, 6.07) is 6.65. The molecule has 0 aliphatic rings. The number of nitrogens with zero attached hydrogens (tertiary/aromatic N) is 1. The van der Waals surface area contributed by atoms with E-state index in [-0.39, 0.29) is 11.9 Å². The molecule has 1 aromatic rings. The van der Waals surface area contributed by atoms with Crippen molar-refractivity contribution in [3.63, 3.8) is 0 Å². The first-order chi connectivity index (χ1) is 6.15. The normalized spacial score (nSPS) is 13.3. The Kier molecular flexibility index (Phi) is 3.39. The molecule has 1 rings (SSSR count). The summed E-state index contributed by atoms with van der Waals surface area (Å²) in [5, 5.41) is 0. The summed E-state index contributed by atoms with van der Waals surface area (Å²) in [6.07, 6.45) is 0. The van der Waals surface area contributed by atoms with Crippen LogP contribution in [0.4, 0.5) is 4.39 Å². The monoisotopic (exact) mass is 182 g/mol. The molecule has 0 saturated heterocycles. The maximum absolute atomic E-state index is 12.9. The quantitative estimate of drug-likeness (QED) is 0.765. The molecule has 2 N–H and O–H groups in total. The number of rotatable bonds is 3. The van der Waals surface area contributed by atoms with Crippen molar-refractivity contribution in [1.29, 1.82) is 0 Å². The summed E-state index contributed by atoms with van der Waals surface area (Å²) in [5.41, 5.74) is 6.52. The second-order valence-corrected chi connectivity index (χ2v) is 3.27. The van der Waals surface area contributed by atoms with Crippen LogP contribution in [0.3, 0.4) is 0 Å². The van der Waals surface area contributed by atoms with E-state index in [1.807, 2.05) is 25.1 Å². The van der Waals surface area contributed by atoms with Gasteiger partial charge in [0.2, 0.25) is 0 Å². The van der Waals surface area contributed by atoms with Crippen molar-refractivity contribution in [2.45, 2.75) is 6.04 Å². The Morgan fingerprint density at radius 3 is 2.62 bits per heavy atom. The van der Waals surface area contributed by atoms with Crippen molar-refractivity contribution in [3.8, 4) is 0 Å². The van der Waals surface area contributed by atoms with Gasteiger partial charge in [0.05, 0.1) is 0 Å². The molecule has 0 spiro atoms. The number of nitrogens with two attached hydrogens (primary N) is 1. The molecule has 0 aliphatic carbocycles. The molecule has 2 nitrogen and oxygen atoms in total. The van der Waals surface area contributed by atoms with Crippen LogP contribution in [0.1, 0.15) is 11.6 Å². The third kappa shape index (κ3) is 2.50. The third-order valence-corrected chi connectivity index (χ3v) is 2.08. The van der Waals surface area contributed by atoms with Gasteiger partial charge in [0.1, 0.15) is 5.82 Å². The highest BCUT2D eigenvalue weighted by atomic mass is 19.1. The third-order valence-electron chi connectivity index (χ3n) is 2.08. The Labute approximate surface area is 78.2 Å². The van der Waals surface area contributed by atoms with Crippen LogP contribution in [0.2, 0.25) is 0 Å². The molecule has 0 heterocycles. The number of likely N-dealkylation sites (N-methyl/N-ethyl adjacent to an activating group) is 1. The first kappa shape index (κ1) is 10.2. The summed E-state index contributed by atoms with van der Waals surface area (Å²) in [6.45, 7) is 0.496. The fraction of sp³-hybridized carbons (Fsp3) is 0.400. The topological polar surface area (TPSA) is 29.3 Å². The number of hydrogen-bond donors (Lipinski definition) is 1. The molecule has 0 saturated carbocycles. The molecule has 0 unspecified atom stereocenters. The van der Waals surface area contributed by atoms with E-state index in [0.29, 0.717) is 6.54 Å². The lowest BCUT2D eigenvalue weighted by Crippen LogP contribution is -2.27. The minimum atomic E-state index is -0.210. The predicted molar refractivity (Wildman–Crippen MR) is 51.9 cm³/mol. The SMILES string of the molecule is CN(C)[C@H](CN)c1cccc(F)c1. The number of halogens is 1. The molecular weight excluding hydrogens is 167 g/mol. The molecule has 0 bridgehead atoms. The van der Waals surface area contributed by atoms with E-state index in [1.165, 1.54) is 12.1 Å². The molecule has 72 valence electrons. The maximum Gasteiger partial charge on any atom is 0.123 e. The van der Waals surface area contributed by atoms with Gasteiger partial charge in [0.15, 0.2) is 0 Å². The van der Waals surface area contributed by atoms with Crippen molar-refractivity contribution >= 4 is 0 Å². The molecule has 3 heteroatoms. The van der Waals surface area contributed by atoms with Gasteiger partial charge in [-0.25, -0.2) is 4.39 Å². The van der Waals surface area contributed by atoms with Crippen molar-refractivity contribution in [2.24, 2.45) is 5.73 Å². The largest absolute Gasteiger partial charge is 0.329 e. The van der Waals surface area contributed by atoms with Crippen molar-refractivity contribution < 1.29 is 4.39 Å². The van der Waals surface area contributed by atoms with E-state index >= 15 is 0 Å². The van der Waals surface area contributed by atoms with Gasteiger partial charge >= 0.3 is 0 Å². The van der Waals surface area contributed by atoms with Gasteiger partial charge in [-0.1, -0.05) is 12.1 Å². The molecular formula is C10H15FN2. The molecule has 0 aromatic heterocycles. The first-order valence-electron chi connectivity index (χ1n) is 4.27. The van der Waals surface area contributed by atoms with Gasteiger partial charge in [0.25, 0.3) is 0 Å². The lowest BCUT2D eigenvalue weighted by molar-refractivity contribution is 0.305. The fourth-order valence-electron chi connectivity index (χ4n) is 1.36. The highest BCUT2D eigenvalue weighted by Crippen LogP contribution is 2.17. The Balaban J connectivity index is 2.91.